The van der Waals surface area contributed by atoms with Crippen molar-refractivity contribution in [1.82, 2.24) is 0 Å². The van der Waals surface area contributed by atoms with E-state index in [4.69, 9.17) is 18.9 Å². The van der Waals surface area contributed by atoms with Crippen LogP contribution >= 0.6 is 0 Å². The smallest absolute Gasteiger partial charge is 0.305 e. The van der Waals surface area contributed by atoms with E-state index in [-0.39, 0.29) is 54.0 Å². The highest BCUT2D eigenvalue weighted by atomic mass is 16.7. The Morgan fingerprint density at radius 2 is 1.78 bits per heavy atom. The first-order valence-electron chi connectivity index (χ1n) is 14.6. The van der Waals surface area contributed by atoms with Gasteiger partial charge in [0.1, 0.15) is 6.10 Å². The number of hydrogen-bond donors (Lipinski definition) is 0. The molecule has 7 nitrogen and oxygen atoms in total. The Bertz CT molecular complexity index is 757. The van der Waals surface area contributed by atoms with Crippen LogP contribution in [0.25, 0.3) is 0 Å². The van der Waals surface area contributed by atoms with Gasteiger partial charge < -0.3 is 18.9 Å². The molecule has 7 atom stereocenters. The number of unbranched alkanes of at least 4 members (excludes halogenated alkanes) is 3. The van der Waals surface area contributed by atoms with Crippen molar-refractivity contribution >= 4 is 17.7 Å². The predicted molar refractivity (Wildman–Crippen MR) is 141 cm³/mol. The third-order valence-electron chi connectivity index (χ3n) is 8.55. The minimum atomic E-state index is -0.280. The first-order valence-corrected chi connectivity index (χ1v) is 14.6. The molecule has 3 aliphatic rings. The third kappa shape index (κ3) is 9.51. The molecule has 210 valence electrons. The molecule has 0 aromatic heterocycles. The van der Waals surface area contributed by atoms with E-state index >= 15 is 0 Å². The molecule has 0 bridgehead atoms. The molecule has 0 radical (unpaired) electrons. The van der Waals surface area contributed by atoms with Gasteiger partial charge in [-0.2, -0.15) is 0 Å². The average Bonchev–Trinajstić information content (AvgIpc) is 3.49. The van der Waals surface area contributed by atoms with Crippen molar-refractivity contribution in [2.45, 2.75) is 122 Å². The Morgan fingerprint density at radius 3 is 2.46 bits per heavy atom. The molecular weight excluding hydrogens is 472 g/mol. The minimum absolute atomic E-state index is 0.00253. The van der Waals surface area contributed by atoms with Gasteiger partial charge in [0.25, 0.3) is 0 Å². The maximum atomic E-state index is 13.1. The highest BCUT2D eigenvalue weighted by Gasteiger charge is 2.45. The molecule has 1 heterocycles. The molecule has 37 heavy (non-hydrogen) atoms. The first kappa shape index (κ1) is 29.8. The molecule has 0 N–H and O–H groups in total. The van der Waals surface area contributed by atoms with Crippen LogP contribution in [0.4, 0.5) is 0 Å². The van der Waals surface area contributed by atoms with E-state index in [1.54, 1.807) is 6.08 Å². The maximum absolute atomic E-state index is 13.1. The second kappa shape index (κ2) is 15.6. The Kier molecular flexibility index (Phi) is 12.6. The molecule has 7 heteroatoms. The Morgan fingerprint density at radius 1 is 0.973 bits per heavy atom. The van der Waals surface area contributed by atoms with E-state index in [0.29, 0.717) is 25.4 Å². The summed E-state index contributed by atoms with van der Waals surface area (Å²) in [6.07, 6.45) is 16.2. The van der Waals surface area contributed by atoms with Crippen molar-refractivity contribution in [2.75, 3.05) is 13.7 Å². The summed E-state index contributed by atoms with van der Waals surface area (Å²) < 4.78 is 22.8. The second-order valence-electron chi connectivity index (χ2n) is 11.2. The molecule has 1 saturated heterocycles. The van der Waals surface area contributed by atoms with E-state index in [2.05, 4.69) is 13.0 Å². The second-order valence-corrected chi connectivity index (χ2v) is 11.2. The van der Waals surface area contributed by atoms with Crippen LogP contribution in [0.3, 0.4) is 0 Å². The highest BCUT2D eigenvalue weighted by Crippen LogP contribution is 2.42. The van der Waals surface area contributed by atoms with Crippen LogP contribution in [0.2, 0.25) is 0 Å². The van der Waals surface area contributed by atoms with Crippen LogP contribution in [0, 0.1) is 23.7 Å². The molecule has 0 aromatic rings. The lowest BCUT2D eigenvalue weighted by Gasteiger charge is -2.29. The molecule has 3 rings (SSSR count). The summed E-state index contributed by atoms with van der Waals surface area (Å²) in [6.45, 7) is 4.37. The summed E-state index contributed by atoms with van der Waals surface area (Å²) in [5.74, 6) is 0.651. The van der Waals surface area contributed by atoms with Crippen LogP contribution in [-0.4, -0.2) is 49.9 Å². The van der Waals surface area contributed by atoms with E-state index in [1.807, 2.05) is 0 Å². The Balaban J connectivity index is 1.67. The molecule has 0 aromatic carbocycles. The van der Waals surface area contributed by atoms with E-state index in [1.165, 1.54) is 14.0 Å². The van der Waals surface area contributed by atoms with Crippen molar-refractivity contribution in [3.63, 3.8) is 0 Å². The van der Waals surface area contributed by atoms with Crippen molar-refractivity contribution in [3.8, 4) is 0 Å². The number of ether oxygens (including phenoxy) is 4. The zero-order valence-electron chi connectivity index (χ0n) is 23.2. The van der Waals surface area contributed by atoms with Gasteiger partial charge in [0.05, 0.1) is 13.2 Å². The molecule has 0 amide bonds. The van der Waals surface area contributed by atoms with E-state index in [9.17, 15) is 14.4 Å². The normalized spacial score (nSPS) is 32.0. The number of methoxy groups -OCH3 is 1. The highest BCUT2D eigenvalue weighted by molar-refractivity contribution is 5.91. The maximum Gasteiger partial charge on any atom is 0.305 e. The fraction of sp³-hybridized carbons (Fsp3) is 0.833. The molecule has 3 fully saturated rings. The molecule has 2 aliphatic carbocycles. The number of ketones is 1. The zero-order valence-corrected chi connectivity index (χ0v) is 23.2. The molecule has 1 aliphatic heterocycles. The van der Waals surface area contributed by atoms with Crippen LogP contribution < -0.4 is 0 Å². The van der Waals surface area contributed by atoms with Gasteiger partial charge in [-0.1, -0.05) is 38.7 Å². The molecule has 2 saturated carbocycles. The number of carbonyl (C=O) groups is 3. The third-order valence-corrected chi connectivity index (χ3v) is 8.55. The zero-order chi connectivity index (χ0) is 26.6. The largest absolute Gasteiger partial charge is 0.469 e. The first-order chi connectivity index (χ1) is 17.9. The van der Waals surface area contributed by atoms with Crippen molar-refractivity contribution in [3.05, 3.63) is 12.2 Å². The standard InChI is InChI=1S/C30H48O7/c1-4-22-14-15-23(19-22)26(32)17-16-25-24(11-7-5-6-8-12-29(33)34-3)27(36-21(2)31)20-28(25)37-30-13-9-10-18-35-30/h16-17,22-25,27-28,30H,4-15,18-20H2,1-3H3/t22?,23?,24-,25-,27+,28-,30?/m1/s1. The number of allylic oxidation sites excluding steroid dienone is 1. The lowest BCUT2D eigenvalue weighted by molar-refractivity contribution is -0.193. The topological polar surface area (TPSA) is 88.1 Å². The summed E-state index contributed by atoms with van der Waals surface area (Å²) in [4.78, 5) is 36.4. The Labute approximate surface area is 223 Å². The molecule has 3 unspecified atom stereocenters. The predicted octanol–water partition coefficient (Wildman–Crippen LogP) is 5.93. The quantitative estimate of drug-likeness (QED) is 0.159. The SMILES string of the molecule is CCC1CCC(C(=O)C=C[C@@H]2[C@@H](CCCCCCC(=O)OC)[C@@H](OC(C)=O)C[C@H]2OC2CCCCO2)C1. The average molecular weight is 521 g/mol. The van der Waals surface area contributed by atoms with E-state index in [0.717, 1.165) is 77.0 Å². The van der Waals surface area contributed by atoms with Crippen LogP contribution in [0.1, 0.15) is 104 Å². The van der Waals surface area contributed by atoms with Crippen LogP contribution in [0.5, 0.6) is 0 Å². The van der Waals surface area contributed by atoms with Gasteiger partial charge in [-0.05, 0) is 63.4 Å². The summed E-state index contributed by atoms with van der Waals surface area (Å²) >= 11 is 0. The van der Waals surface area contributed by atoms with E-state index < -0.39 is 0 Å². The fourth-order valence-corrected chi connectivity index (χ4v) is 6.39. The molecule has 0 spiro atoms. The van der Waals surface area contributed by atoms with Crippen LogP contribution in [0.15, 0.2) is 12.2 Å². The fourth-order valence-electron chi connectivity index (χ4n) is 6.39. The Hall–Kier alpha value is -1.73. The van der Waals surface area contributed by atoms with Gasteiger partial charge in [0.15, 0.2) is 12.1 Å². The van der Waals surface area contributed by atoms with Crippen molar-refractivity contribution in [1.29, 1.82) is 0 Å². The number of carbonyl (C=O) groups excluding carboxylic acids is 3. The minimum Gasteiger partial charge on any atom is -0.469 e. The van der Waals surface area contributed by atoms with Gasteiger partial charge in [-0.3, -0.25) is 14.4 Å². The summed E-state index contributed by atoms with van der Waals surface area (Å²) in [6, 6.07) is 0. The summed E-state index contributed by atoms with van der Waals surface area (Å²) in [5.41, 5.74) is 0. The van der Waals surface area contributed by atoms with Gasteiger partial charge in [-0.25, -0.2) is 0 Å². The summed E-state index contributed by atoms with van der Waals surface area (Å²) in [5, 5.41) is 0. The van der Waals surface area contributed by atoms with Crippen molar-refractivity contribution in [2.24, 2.45) is 23.7 Å². The van der Waals surface area contributed by atoms with Gasteiger partial charge in [0, 0.05) is 44.1 Å². The van der Waals surface area contributed by atoms with Gasteiger partial charge in [-0.15, -0.1) is 0 Å². The van der Waals surface area contributed by atoms with Crippen LogP contribution in [-0.2, 0) is 33.3 Å². The monoisotopic (exact) mass is 520 g/mol. The van der Waals surface area contributed by atoms with Crippen molar-refractivity contribution < 1.29 is 33.3 Å². The number of rotatable bonds is 14. The lowest BCUT2D eigenvalue weighted by Crippen LogP contribution is -2.30. The number of hydrogen-bond acceptors (Lipinski definition) is 7. The number of esters is 2. The summed E-state index contributed by atoms with van der Waals surface area (Å²) in [7, 11) is 1.42. The van der Waals surface area contributed by atoms with Gasteiger partial charge >= 0.3 is 11.9 Å². The lowest BCUT2D eigenvalue weighted by atomic mass is 9.87. The van der Waals surface area contributed by atoms with Gasteiger partial charge in [0.2, 0.25) is 0 Å². The molecular formula is C30H48O7.